The molecule has 3 aromatic rings. The third-order valence-corrected chi connectivity index (χ3v) is 7.25. The highest BCUT2D eigenvalue weighted by molar-refractivity contribution is 7.21. The van der Waals surface area contributed by atoms with E-state index in [0.717, 1.165) is 85.6 Å². The van der Waals surface area contributed by atoms with Crippen LogP contribution in [0.1, 0.15) is 31.2 Å². The Kier molecular flexibility index (Phi) is 7.51. The summed E-state index contributed by atoms with van der Waals surface area (Å²) in [4.78, 5) is 29.0. The number of thiazole rings is 1. The van der Waals surface area contributed by atoms with Crippen molar-refractivity contribution in [2.75, 3.05) is 36.9 Å². The average Bonchev–Trinajstić information content (AvgIpc) is 3.27. The van der Waals surface area contributed by atoms with E-state index in [4.69, 9.17) is 9.72 Å². The van der Waals surface area contributed by atoms with Gasteiger partial charge in [-0.05, 0) is 61.6 Å². The summed E-state index contributed by atoms with van der Waals surface area (Å²) in [5.41, 5.74) is 2.05. The zero-order chi connectivity index (χ0) is 24.0. The Hall–Kier alpha value is -3.08. The maximum atomic E-state index is 11.8. The van der Waals surface area contributed by atoms with Gasteiger partial charge in [0.25, 0.3) is 0 Å². The summed E-state index contributed by atoms with van der Waals surface area (Å²) in [5, 5.41) is 10.8. The van der Waals surface area contributed by atoms with E-state index >= 15 is 0 Å². The largest absolute Gasteiger partial charge is 0.379 e. The van der Waals surface area contributed by atoms with E-state index in [-0.39, 0.29) is 18.0 Å². The lowest BCUT2D eigenvalue weighted by molar-refractivity contribution is -0.117. The van der Waals surface area contributed by atoms with Gasteiger partial charge in [-0.15, -0.1) is 0 Å². The fourth-order valence-corrected chi connectivity index (χ4v) is 5.50. The van der Waals surface area contributed by atoms with Crippen molar-refractivity contribution < 1.29 is 9.53 Å². The average molecular weight is 494 g/mol. The maximum absolute atomic E-state index is 11.8. The molecule has 0 spiro atoms. The second-order valence-corrected chi connectivity index (χ2v) is 10.0. The molecule has 1 aliphatic carbocycles. The van der Waals surface area contributed by atoms with Gasteiger partial charge >= 0.3 is 0 Å². The number of pyridine rings is 2. The number of nitrogens with zero attached hydrogens (tertiary/aromatic N) is 4. The third kappa shape index (κ3) is 6.33. The normalized spacial score (nSPS) is 20.9. The highest BCUT2D eigenvalue weighted by atomic mass is 32.1. The van der Waals surface area contributed by atoms with E-state index < -0.39 is 0 Å². The van der Waals surface area contributed by atoms with Crippen molar-refractivity contribution in [3.8, 4) is 0 Å². The van der Waals surface area contributed by atoms with Crippen LogP contribution in [0.4, 0.5) is 16.8 Å². The molecular weight excluding hydrogens is 462 g/mol. The molecule has 2 aliphatic rings. The molecule has 0 bridgehead atoms. The van der Waals surface area contributed by atoms with Gasteiger partial charge < -0.3 is 20.7 Å². The van der Waals surface area contributed by atoms with Crippen molar-refractivity contribution in [1.29, 1.82) is 0 Å². The van der Waals surface area contributed by atoms with Crippen LogP contribution in [0.5, 0.6) is 0 Å². The zero-order valence-electron chi connectivity index (χ0n) is 19.7. The molecule has 0 unspecified atom stereocenters. The van der Waals surface area contributed by atoms with Crippen LogP contribution in [0.3, 0.4) is 0 Å². The number of morpholine rings is 1. The van der Waals surface area contributed by atoms with Gasteiger partial charge in [-0.3, -0.25) is 9.69 Å². The summed E-state index contributed by atoms with van der Waals surface area (Å²) < 4.78 is 5.51. The molecule has 0 aromatic carbocycles. The lowest BCUT2D eigenvalue weighted by Crippen LogP contribution is -2.41. The van der Waals surface area contributed by atoms with Crippen molar-refractivity contribution in [1.82, 2.24) is 25.2 Å². The van der Waals surface area contributed by atoms with Crippen molar-refractivity contribution in [3.63, 3.8) is 0 Å². The predicted octanol–water partition coefficient (Wildman–Crippen LogP) is 3.69. The second kappa shape index (κ2) is 11.1. The molecule has 5 rings (SSSR count). The molecule has 3 aromatic heterocycles. The molecule has 3 N–H and O–H groups in total. The Bertz CT molecular complexity index is 1140. The zero-order valence-corrected chi connectivity index (χ0v) is 20.5. The van der Waals surface area contributed by atoms with Gasteiger partial charge in [-0.1, -0.05) is 17.9 Å². The van der Waals surface area contributed by atoms with E-state index in [9.17, 15) is 4.79 Å². The van der Waals surface area contributed by atoms with Gasteiger partial charge in [0.05, 0.1) is 13.2 Å². The maximum Gasteiger partial charge on any atom is 0.243 e. The summed E-state index contributed by atoms with van der Waals surface area (Å²) in [5.74, 6) is 1.47. The Morgan fingerprint density at radius 2 is 2.03 bits per heavy atom. The van der Waals surface area contributed by atoms with Crippen LogP contribution < -0.4 is 16.0 Å². The minimum atomic E-state index is -0.113. The summed E-state index contributed by atoms with van der Waals surface area (Å²) in [6.45, 7) is 7.77. The van der Waals surface area contributed by atoms with Gasteiger partial charge in [0.15, 0.2) is 5.13 Å². The van der Waals surface area contributed by atoms with E-state index in [1.54, 1.807) is 6.20 Å². The quantitative estimate of drug-likeness (QED) is 0.408. The molecule has 1 saturated heterocycles. The first-order valence-corrected chi connectivity index (χ1v) is 13.0. The molecule has 1 saturated carbocycles. The number of fused-ring (bicyclic) bond motifs is 1. The molecule has 35 heavy (non-hydrogen) atoms. The number of ether oxygens (including phenoxy) is 1. The summed E-state index contributed by atoms with van der Waals surface area (Å²) in [7, 11) is 0. The highest BCUT2D eigenvalue weighted by Gasteiger charge is 2.23. The Morgan fingerprint density at radius 1 is 1.20 bits per heavy atom. The van der Waals surface area contributed by atoms with Gasteiger partial charge in [-0.2, -0.15) is 0 Å². The van der Waals surface area contributed by atoms with Gasteiger partial charge in [0, 0.05) is 37.9 Å². The van der Waals surface area contributed by atoms with Gasteiger partial charge in [0.2, 0.25) is 5.91 Å². The van der Waals surface area contributed by atoms with Crippen LogP contribution >= 0.6 is 11.3 Å². The first-order valence-electron chi connectivity index (χ1n) is 12.1. The first-order chi connectivity index (χ1) is 17.1. The minimum Gasteiger partial charge on any atom is -0.379 e. The molecule has 4 heterocycles. The van der Waals surface area contributed by atoms with Crippen molar-refractivity contribution in [2.45, 2.75) is 44.3 Å². The standard InChI is InChI=1S/C25H31N7O2S/c1-2-23(33)28-19-6-3-5-18(15-19)27-21-13-17(16-32-9-11-34-12-10-32)14-22(30-21)31-25-29-20-7-4-8-26-24(20)35-25/h2,4,7-8,13-14,18-19H,1,3,5-6,9-12,15-16H2,(H,28,33)(H2,27,29,30,31)/t18-,19+/m0/s1. The van der Waals surface area contributed by atoms with Crippen LogP contribution in [0.25, 0.3) is 10.3 Å². The number of nitrogens with one attached hydrogen (secondary N) is 3. The van der Waals surface area contributed by atoms with Crippen molar-refractivity contribution in [2.24, 2.45) is 0 Å². The molecule has 1 aliphatic heterocycles. The molecule has 10 heteroatoms. The van der Waals surface area contributed by atoms with Crippen molar-refractivity contribution in [3.05, 3.63) is 48.7 Å². The minimum absolute atomic E-state index is 0.113. The number of rotatable bonds is 8. The van der Waals surface area contributed by atoms with E-state index in [1.165, 1.54) is 23.0 Å². The molecule has 0 radical (unpaired) electrons. The number of carbonyl (C=O) groups is 1. The van der Waals surface area contributed by atoms with Gasteiger partial charge in [0.1, 0.15) is 22.0 Å². The number of aromatic nitrogens is 3. The van der Waals surface area contributed by atoms with Crippen LogP contribution in [0.15, 0.2) is 43.1 Å². The summed E-state index contributed by atoms with van der Waals surface area (Å²) in [6, 6.07) is 8.47. The number of hydrogen-bond acceptors (Lipinski definition) is 9. The number of carbonyl (C=O) groups excluding carboxylic acids is 1. The fourth-order valence-electron chi connectivity index (χ4n) is 4.69. The summed E-state index contributed by atoms with van der Waals surface area (Å²) in [6.07, 6.45) is 7.06. The Morgan fingerprint density at radius 3 is 2.86 bits per heavy atom. The monoisotopic (exact) mass is 493 g/mol. The molecule has 184 valence electrons. The SMILES string of the molecule is C=CC(=O)N[C@@H]1CCC[C@H](Nc2cc(CN3CCOCC3)cc(Nc3nc4cccnc4s3)n2)C1. The highest BCUT2D eigenvalue weighted by Crippen LogP contribution is 2.28. The van der Waals surface area contributed by atoms with Crippen LogP contribution in [0.2, 0.25) is 0 Å². The first kappa shape index (κ1) is 23.7. The van der Waals surface area contributed by atoms with Gasteiger partial charge in [-0.25, -0.2) is 15.0 Å². The number of anilines is 3. The number of amides is 1. The van der Waals surface area contributed by atoms with Crippen LogP contribution in [0, 0.1) is 0 Å². The molecule has 2 atom stereocenters. The lowest BCUT2D eigenvalue weighted by atomic mass is 9.91. The van der Waals surface area contributed by atoms with E-state index in [2.05, 4.69) is 49.5 Å². The molecular formula is C25H31N7O2S. The topological polar surface area (TPSA) is 104 Å². The van der Waals surface area contributed by atoms with Crippen LogP contribution in [-0.4, -0.2) is 64.1 Å². The Labute approximate surface area is 209 Å². The fraction of sp³-hybridized carbons (Fsp3) is 0.440. The lowest BCUT2D eigenvalue weighted by Gasteiger charge is -2.31. The smallest absolute Gasteiger partial charge is 0.243 e. The molecule has 2 fully saturated rings. The summed E-state index contributed by atoms with van der Waals surface area (Å²) >= 11 is 1.51. The van der Waals surface area contributed by atoms with E-state index in [0.29, 0.717) is 0 Å². The predicted molar refractivity (Wildman–Crippen MR) is 139 cm³/mol. The second-order valence-electron chi connectivity index (χ2n) is 9.02. The third-order valence-electron chi connectivity index (χ3n) is 6.35. The van der Waals surface area contributed by atoms with E-state index in [1.807, 2.05) is 12.1 Å². The van der Waals surface area contributed by atoms with Crippen LogP contribution in [-0.2, 0) is 16.1 Å². The number of hydrogen-bond donors (Lipinski definition) is 3. The van der Waals surface area contributed by atoms with Crippen molar-refractivity contribution >= 4 is 44.4 Å². The molecule has 9 nitrogen and oxygen atoms in total. The molecule has 1 amide bonds. The Balaban J connectivity index is 1.34.